The monoisotopic (exact) mass is 323 g/mol. The highest BCUT2D eigenvalue weighted by Crippen LogP contribution is 1.92. The number of ether oxygens (including phenoxy) is 1. The molecule has 0 radical (unpaired) electrons. The minimum atomic E-state index is -0.407. The summed E-state index contributed by atoms with van der Waals surface area (Å²) in [7, 11) is 1.30. The third-order valence-electron chi connectivity index (χ3n) is 3.03. The first-order chi connectivity index (χ1) is 11.1. The van der Waals surface area contributed by atoms with E-state index in [1.165, 1.54) is 17.6 Å². The van der Waals surface area contributed by atoms with Gasteiger partial charge in [0.05, 0.1) is 7.11 Å². The predicted octanol–water partition coefficient (Wildman–Crippen LogP) is 0.941. The zero-order valence-electron chi connectivity index (χ0n) is 14.2. The Morgan fingerprint density at radius 2 is 1.96 bits per heavy atom. The Hall–Kier alpha value is -1.92. The molecule has 0 saturated heterocycles. The summed E-state index contributed by atoms with van der Waals surface area (Å²) in [6, 6.07) is 10.3. The van der Waals surface area contributed by atoms with E-state index in [0.717, 1.165) is 19.4 Å². The lowest BCUT2D eigenvalue weighted by Crippen LogP contribution is -2.35. The van der Waals surface area contributed by atoms with Gasteiger partial charge in [0, 0.05) is 13.1 Å². The van der Waals surface area contributed by atoms with Gasteiger partial charge in [-0.15, -0.1) is 0 Å². The van der Waals surface area contributed by atoms with Gasteiger partial charge in [-0.3, -0.25) is 9.59 Å². The van der Waals surface area contributed by atoms with E-state index >= 15 is 0 Å². The van der Waals surface area contributed by atoms with Crippen molar-refractivity contribution in [2.45, 2.75) is 19.8 Å². The van der Waals surface area contributed by atoms with Gasteiger partial charge in [0.25, 0.3) is 0 Å². The second-order valence-electron chi connectivity index (χ2n) is 5.05. The summed E-state index contributed by atoms with van der Waals surface area (Å²) in [6.07, 6.45) is 2.67. The zero-order valence-corrected chi connectivity index (χ0v) is 14.2. The fraction of sp³-hybridized carbons (Fsp3) is 0.529. The highest BCUT2D eigenvalue weighted by Gasteiger charge is 2.07. The van der Waals surface area contributed by atoms with Crippen molar-refractivity contribution in [3.8, 4) is 0 Å². The van der Waals surface area contributed by atoms with Crippen molar-refractivity contribution in [1.29, 1.82) is 0 Å². The molecule has 0 saturated carbocycles. The summed E-state index contributed by atoms with van der Waals surface area (Å²) < 4.78 is 4.47. The maximum Gasteiger partial charge on any atom is 0.325 e. The van der Waals surface area contributed by atoms with Gasteiger partial charge in [0.15, 0.2) is 0 Å². The Kier molecular flexibility index (Phi) is 13.7. The predicted molar refractivity (Wildman–Crippen MR) is 92.0 cm³/mol. The van der Waals surface area contributed by atoms with Crippen LogP contribution in [-0.2, 0) is 14.3 Å². The second kappa shape index (κ2) is 15.0. The van der Waals surface area contributed by atoms with Crippen LogP contribution in [0.15, 0.2) is 30.3 Å². The number of esters is 1. The summed E-state index contributed by atoms with van der Waals surface area (Å²) >= 11 is 0. The standard InChI is InChI=1S/C10H21N3O3.C7H8/c1-16-10(15)8-13(9-14)7-6-12-5-3-2-4-11;1-7-5-3-2-4-6-7/h9,12H,2-8,11H2,1H3;2-6H,1H3. The third-order valence-corrected chi connectivity index (χ3v) is 3.03. The Morgan fingerprint density at radius 1 is 1.26 bits per heavy atom. The van der Waals surface area contributed by atoms with E-state index in [9.17, 15) is 9.59 Å². The molecule has 0 aromatic heterocycles. The van der Waals surface area contributed by atoms with Crippen LogP contribution in [0.1, 0.15) is 18.4 Å². The van der Waals surface area contributed by atoms with Crippen LogP contribution in [0.4, 0.5) is 0 Å². The molecule has 1 rings (SSSR count). The van der Waals surface area contributed by atoms with E-state index in [1.807, 2.05) is 18.2 Å². The zero-order chi connectivity index (χ0) is 17.3. The average molecular weight is 323 g/mol. The lowest BCUT2D eigenvalue weighted by atomic mass is 10.2. The summed E-state index contributed by atoms with van der Waals surface area (Å²) in [4.78, 5) is 22.9. The number of amides is 1. The molecule has 1 amide bonds. The van der Waals surface area contributed by atoms with Crippen molar-refractivity contribution in [3.63, 3.8) is 0 Å². The van der Waals surface area contributed by atoms with Gasteiger partial charge in [-0.25, -0.2) is 0 Å². The highest BCUT2D eigenvalue weighted by atomic mass is 16.5. The molecule has 1 aromatic carbocycles. The van der Waals surface area contributed by atoms with Gasteiger partial charge in [-0.2, -0.15) is 0 Å². The topological polar surface area (TPSA) is 84.7 Å². The summed E-state index contributed by atoms with van der Waals surface area (Å²) in [5.41, 5.74) is 6.67. The van der Waals surface area contributed by atoms with Gasteiger partial charge >= 0.3 is 5.97 Å². The first kappa shape index (κ1) is 21.1. The fourth-order valence-electron chi connectivity index (χ4n) is 1.68. The summed E-state index contributed by atoms with van der Waals surface area (Å²) in [6.45, 7) is 4.83. The van der Waals surface area contributed by atoms with Gasteiger partial charge < -0.3 is 20.7 Å². The first-order valence-electron chi connectivity index (χ1n) is 7.82. The maximum atomic E-state index is 10.9. The van der Waals surface area contributed by atoms with Crippen LogP contribution in [0, 0.1) is 6.92 Å². The number of nitrogens with one attached hydrogen (secondary N) is 1. The molecule has 0 bridgehead atoms. The fourth-order valence-corrected chi connectivity index (χ4v) is 1.68. The number of nitrogens with zero attached hydrogens (tertiary/aromatic N) is 1. The van der Waals surface area contributed by atoms with Crippen LogP contribution in [-0.4, -0.2) is 57.1 Å². The van der Waals surface area contributed by atoms with Crippen LogP contribution in [0.25, 0.3) is 0 Å². The second-order valence-corrected chi connectivity index (χ2v) is 5.05. The van der Waals surface area contributed by atoms with Gasteiger partial charge in [0.2, 0.25) is 6.41 Å². The number of hydrogen-bond donors (Lipinski definition) is 2. The van der Waals surface area contributed by atoms with E-state index < -0.39 is 5.97 Å². The normalized spacial score (nSPS) is 9.52. The number of benzene rings is 1. The molecule has 6 heteroatoms. The molecule has 3 N–H and O–H groups in total. The van der Waals surface area contributed by atoms with Crippen molar-refractivity contribution >= 4 is 12.4 Å². The SMILES string of the molecule is COC(=O)CN(C=O)CCNCCCCN.Cc1ccccc1. The Balaban J connectivity index is 0.000000568. The van der Waals surface area contributed by atoms with E-state index in [1.54, 1.807) is 0 Å². The number of unbranched alkanes of at least 4 members (excludes halogenated alkanes) is 1. The van der Waals surface area contributed by atoms with E-state index in [-0.39, 0.29) is 6.54 Å². The third kappa shape index (κ3) is 13.5. The number of aryl methyl sites for hydroxylation is 1. The number of carbonyl (C=O) groups excluding carboxylic acids is 2. The van der Waals surface area contributed by atoms with Gasteiger partial charge in [0.1, 0.15) is 6.54 Å². The van der Waals surface area contributed by atoms with Gasteiger partial charge in [-0.05, 0) is 32.9 Å². The van der Waals surface area contributed by atoms with E-state index in [0.29, 0.717) is 26.0 Å². The lowest BCUT2D eigenvalue weighted by molar-refractivity contribution is -0.144. The molecule has 0 atom stereocenters. The molecule has 0 aliphatic carbocycles. The number of hydrogen-bond acceptors (Lipinski definition) is 5. The molecule has 6 nitrogen and oxygen atoms in total. The largest absolute Gasteiger partial charge is 0.468 e. The number of methoxy groups -OCH3 is 1. The number of nitrogens with two attached hydrogens (primary N) is 1. The quantitative estimate of drug-likeness (QED) is 0.380. The summed E-state index contributed by atoms with van der Waals surface area (Å²) in [5, 5.41) is 3.17. The molecule has 23 heavy (non-hydrogen) atoms. The molecular formula is C17H29N3O3. The molecule has 130 valence electrons. The van der Waals surface area contributed by atoms with Crippen LogP contribution >= 0.6 is 0 Å². The van der Waals surface area contributed by atoms with Crippen LogP contribution in [0.2, 0.25) is 0 Å². The highest BCUT2D eigenvalue weighted by molar-refractivity contribution is 5.73. The maximum absolute atomic E-state index is 10.9. The Bertz CT molecular complexity index is 413. The Morgan fingerprint density at radius 3 is 2.43 bits per heavy atom. The minimum absolute atomic E-state index is 0.00444. The van der Waals surface area contributed by atoms with E-state index in [2.05, 4.69) is 29.1 Å². The average Bonchev–Trinajstić information content (AvgIpc) is 2.58. The van der Waals surface area contributed by atoms with Crippen molar-refractivity contribution in [2.24, 2.45) is 5.73 Å². The number of rotatable bonds is 10. The van der Waals surface area contributed by atoms with Crippen molar-refractivity contribution < 1.29 is 14.3 Å². The molecule has 0 fully saturated rings. The van der Waals surface area contributed by atoms with Crippen molar-refractivity contribution in [2.75, 3.05) is 39.8 Å². The molecular weight excluding hydrogens is 294 g/mol. The van der Waals surface area contributed by atoms with Gasteiger partial charge in [-0.1, -0.05) is 35.9 Å². The van der Waals surface area contributed by atoms with Crippen LogP contribution in [0.5, 0.6) is 0 Å². The Labute approximate surface area is 139 Å². The lowest BCUT2D eigenvalue weighted by Gasteiger charge is -2.15. The summed E-state index contributed by atoms with van der Waals surface area (Å²) in [5.74, 6) is -0.407. The van der Waals surface area contributed by atoms with Crippen LogP contribution in [0.3, 0.4) is 0 Å². The molecule has 0 spiro atoms. The minimum Gasteiger partial charge on any atom is -0.468 e. The molecule has 0 aliphatic heterocycles. The van der Waals surface area contributed by atoms with Crippen LogP contribution < -0.4 is 11.1 Å². The molecule has 0 heterocycles. The molecule has 0 unspecified atom stereocenters. The molecule has 1 aromatic rings. The number of carbonyl (C=O) groups is 2. The van der Waals surface area contributed by atoms with Crippen molar-refractivity contribution in [1.82, 2.24) is 10.2 Å². The first-order valence-corrected chi connectivity index (χ1v) is 7.82. The van der Waals surface area contributed by atoms with Crippen molar-refractivity contribution in [3.05, 3.63) is 35.9 Å². The van der Waals surface area contributed by atoms with E-state index in [4.69, 9.17) is 5.73 Å². The molecule has 0 aliphatic rings. The smallest absolute Gasteiger partial charge is 0.325 e.